The molecule has 1 aliphatic rings. The van der Waals surface area contributed by atoms with Crippen LogP contribution >= 0.6 is 11.3 Å². The highest BCUT2D eigenvalue weighted by Gasteiger charge is 2.20. The van der Waals surface area contributed by atoms with Crippen LogP contribution in [0.2, 0.25) is 0 Å². The quantitative estimate of drug-likeness (QED) is 0.559. The third-order valence-electron chi connectivity index (χ3n) is 5.19. The molecule has 1 aliphatic heterocycles. The first-order chi connectivity index (χ1) is 16.0. The fourth-order valence-corrected chi connectivity index (χ4v) is 4.46. The molecule has 0 unspecified atom stereocenters. The fourth-order valence-electron chi connectivity index (χ4n) is 3.45. The summed E-state index contributed by atoms with van der Waals surface area (Å²) in [6, 6.07) is 6.46. The summed E-state index contributed by atoms with van der Waals surface area (Å²) in [6.45, 7) is 4.54. The minimum atomic E-state index is -0.775. The molecule has 1 fully saturated rings. The van der Waals surface area contributed by atoms with Gasteiger partial charge in [0.25, 0.3) is 5.56 Å². The second kappa shape index (κ2) is 10.0. The number of anilines is 2. The van der Waals surface area contributed by atoms with Gasteiger partial charge < -0.3 is 23.7 Å². The molecule has 10 nitrogen and oxygen atoms in total. The first-order valence-corrected chi connectivity index (χ1v) is 11.3. The summed E-state index contributed by atoms with van der Waals surface area (Å²) in [5.74, 6) is 0.613. The van der Waals surface area contributed by atoms with Gasteiger partial charge in [-0.05, 0) is 18.2 Å². The van der Waals surface area contributed by atoms with E-state index < -0.39 is 11.7 Å². The van der Waals surface area contributed by atoms with E-state index >= 15 is 0 Å². The van der Waals surface area contributed by atoms with E-state index in [1.807, 2.05) is 12.1 Å². The molecule has 3 heterocycles. The van der Waals surface area contributed by atoms with Crippen molar-refractivity contribution in [1.29, 1.82) is 0 Å². The van der Waals surface area contributed by atoms with Crippen molar-refractivity contribution in [3.8, 4) is 11.5 Å². The van der Waals surface area contributed by atoms with Crippen LogP contribution < -0.4 is 25.2 Å². The van der Waals surface area contributed by atoms with Gasteiger partial charge in [-0.3, -0.25) is 14.9 Å². The monoisotopic (exact) mass is 472 g/mol. The Balaban J connectivity index is 1.51. The summed E-state index contributed by atoms with van der Waals surface area (Å²) in [5, 5.41) is 2.96. The number of amides is 1. The molecular weight excluding hydrogens is 448 g/mol. The number of ketones is 1. The minimum absolute atomic E-state index is 0.0131. The van der Waals surface area contributed by atoms with Crippen LogP contribution in [0.25, 0.3) is 10.2 Å². The van der Waals surface area contributed by atoms with Crippen LogP contribution in [0, 0.1) is 0 Å². The minimum Gasteiger partial charge on any atom is -0.494 e. The number of hydrogen-bond acceptors (Lipinski definition) is 9. The van der Waals surface area contributed by atoms with Crippen LogP contribution in [-0.2, 0) is 16.1 Å². The third kappa shape index (κ3) is 5.15. The van der Waals surface area contributed by atoms with E-state index in [0.29, 0.717) is 36.0 Å². The highest BCUT2D eigenvalue weighted by atomic mass is 32.1. The van der Waals surface area contributed by atoms with Crippen molar-refractivity contribution in [2.24, 2.45) is 0 Å². The normalized spacial score (nSPS) is 13.7. The number of carbonyl (C=O) groups excluding carboxylic acids is 2. The molecule has 11 heteroatoms. The molecule has 0 radical (unpaired) electrons. The molecule has 1 saturated heterocycles. The van der Waals surface area contributed by atoms with Crippen LogP contribution in [-0.4, -0.2) is 54.8 Å². The van der Waals surface area contributed by atoms with E-state index in [9.17, 15) is 14.4 Å². The molecule has 0 aliphatic carbocycles. The molecule has 0 saturated carbocycles. The summed E-state index contributed by atoms with van der Waals surface area (Å²) < 4.78 is 18.3. The molecule has 1 aromatic carbocycles. The second-order valence-corrected chi connectivity index (χ2v) is 8.32. The lowest BCUT2D eigenvalue weighted by Crippen LogP contribution is -2.36. The molecule has 4 rings (SSSR count). The van der Waals surface area contributed by atoms with Crippen molar-refractivity contribution in [1.82, 2.24) is 9.55 Å². The average Bonchev–Trinajstić information content (AvgIpc) is 3.24. The number of benzene rings is 1. The smallest absolute Gasteiger partial charge is 0.418 e. The Morgan fingerprint density at radius 3 is 2.73 bits per heavy atom. The highest BCUT2D eigenvalue weighted by molar-refractivity contribution is 7.23. The van der Waals surface area contributed by atoms with Crippen molar-refractivity contribution in [3.05, 3.63) is 40.8 Å². The van der Waals surface area contributed by atoms with Crippen molar-refractivity contribution in [3.63, 3.8) is 0 Å². The summed E-state index contributed by atoms with van der Waals surface area (Å²) in [6.07, 6.45) is 0.992. The van der Waals surface area contributed by atoms with E-state index in [-0.39, 0.29) is 18.1 Å². The number of morpholine rings is 1. The van der Waals surface area contributed by atoms with Gasteiger partial charge in [0.2, 0.25) is 0 Å². The standard InChI is InChI=1S/C22H24N4O6S/c1-3-14(27)13-26-7-6-15(12-18(26)28)32-22(29)24-21-23-19-17(30-2)5-4-16(20(19)33-21)25-8-10-31-11-9-25/h4-7,12H,3,8-11,13H2,1-2H3,(H,23,24,29). The van der Waals surface area contributed by atoms with Crippen molar-refractivity contribution >= 4 is 44.2 Å². The number of aromatic nitrogens is 2. The van der Waals surface area contributed by atoms with E-state index in [2.05, 4.69) is 15.2 Å². The Bertz CT molecular complexity index is 1230. The summed E-state index contributed by atoms with van der Waals surface area (Å²) >= 11 is 1.31. The van der Waals surface area contributed by atoms with Gasteiger partial charge in [0.05, 0.1) is 37.3 Å². The van der Waals surface area contributed by atoms with Gasteiger partial charge in [-0.1, -0.05) is 18.3 Å². The Kier molecular flexibility index (Phi) is 6.90. The van der Waals surface area contributed by atoms with Crippen LogP contribution in [0.1, 0.15) is 13.3 Å². The molecule has 3 aromatic rings. The largest absolute Gasteiger partial charge is 0.494 e. The number of pyridine rings is 1. The van der Waals surface area contributed by atoms with Gasteiger partial charge in [0.15, 0.2) is 10.9 Å². The zero-order valence-corrected chi connectivity index (χ0v) is 19.1. The van der Waals surface area contributed by atoms with Crippen molar-refractivity contribution < 1.29 is 23.8 Å². The molecule has 0 bridgehead atoms. The van der Waals surface area contributed by atoms with Gasteiger partial charge in [0, 0.05) is 31.8 Å². The van der Waals surface area contributed by atoms with Crippen molar-refractivity contribution in [2.45, 2.75) is 19.9 Å². The van der Waals surface area contributed by atoms with Gasteiger partial charge in [0.1, 0.15) is 17.0 Å². The maximum atomic E-state index is 12.4. The molecule has 0 atom stereocenters. The zero-order valence-electron chi connectivity index (χ0n) is 18.3. The number of ether oxygens (including phenoxy) is 3. The average molecular weight is 473 g/mol. The Morgan fingerprint density at radius 1 is 1.24 bits per heavy atom. The van der Waals surface area contributed by atoms with Crippen LogP contribution in [0.3, 0.4) is 0 Å². The lowest BCUT2D eigenvalue weighted by atomic mass is 10.2. The van der Waals surface area contributed by atoms with E-state index in [4.69, 9.17) is 14.2 Å². The van der Waals surface area contributed by atoms with Crippen LogP contribution in [0.4, 0.5) is 15.6 Å². The van der Waals surface area contributed by atoms with Gasteiger partial charge >= 0.3 is 6.09 Å². The number of nitrogens with one attached hydrogen (secondary N) is 1. The molecule has 2 aromatic heterocycles. The number of rotatable bonds is 7. The lowest BCUT2D eigenvalue weighted by Gasteiger charge is -2.29. The molecule has 174 valence electrons. The fraction of sp³-hybridized carbons (Fsp3) is 0.364. The molecule has 0 spiro atoms. The number of carbonyl (C=O) groups is 2. The maximum Gasteiger partial charge on any atom is 0.418 e. The highest BCUT2D eigenvalue weighted by Crippen LogP contribution is 2.39. The summed E-state index contributed by atoms with van der Waals surface area (Å²) in [7, 11) is 1.57. The Morgan fingerprint density at radius 2 is 2.03 bits per heavy atom. The van der Waals surface area contributed by atoms with E-state index in [1.165, 1.54) is 34.2 Å². The number of hydrogen-bond donors (Lipinski definition) is 1. The maximum absolute atomic E-state index is 12.4. The Labute approximate surface area is 193 Å². The zero-order chi connectivity index (χ0) is 23.4. The molecule has 33 heavy (non-hydrogen) atoms. The third-order valence-corrected chi connectivity index (χ3v) is 6.18. The first-order valence-electron chi connectivity index (χ1n) is 10.5. The topological polar surface area (TPSA) is 112 Å². The second-order valence-electron chi connectivity index (χ2n) is 7.32. The van der Waals surface area contributed by atoms with Gasteiger partial charge in [-0.15, -0.1) is 0 Å². The predicted molar refractivity (Wildman–Crippen MR) is 125 cm³/mol. The number of methoxy groups -OCH3 is 1. The number of nitrogens with zero attached hydrogens (tertiary/aromatic N) is 3. The van der Waals surface area contributed by atoms with Gasteiger partial charge in [-0.2, -0.15) is 0 Å². The predicted octanol–water partition coefficient (Wildman–Crippen LogP) is 2.89. The van der Waals surface area contributed by atoms with Gasteiger partial charge in [-0.25, -0.2) is 9.78 Å². The van der Waals surface area contributed by atoms with E-state index in [1.54, 1.807) is 14.0 Å². The Hall–Kier alpha value is -3.44. The molecular formula is C22H24N4O6S. The number of fused-ring (bicyclic) bond motifs is 1. The first kappa shape index (κ1) is 22.7. The lowest BCUT2D eigenvalue weighted by molar-refractivity contribution is -0.119. The van der Waals surface area contributed by atoms with Crippen LogP contribution in [0.15, 0.2) is 35.3 Å². The summed E-state index contributed by atoms with van der Waals surface area (Å²) in [5.41, 5.74) is 1.21. The molecule has 1 N–H and O–H groups in total. The number of thiazole rings is 1. The molecule has 1 amide bonds. The van der Waals surface area contributed by atoms with Crippen molar-refractivity contribution in [2.75, 3.05) is 43.6 Å². The number of Topliss-reactive ketones (excluding diaryl/α,β-unsaturated/α-hetero) is 1. The van der Waals surface area contributed by atoms with Crippen LogP contribution in [0.5, 0.6) is 11.5 Å². The summed E-state index contributed by atoms with van der Waals surface area (Å²) in [4.78, 5) is 42.9. The SMILES string of the molecule is CCC(=O)Cn1ccc(OC(=O)Nc2nc3c(OC)ccc(N4CCOCC4)c3s2)cc1=O. The van der Waals surface area contributed by atoms with E-state index in [0.717, 1.165) is 23.5 Å².